The Morgan fingerprint density at radius 3 is 2.81 bits per heavy atom. The first-order chi connectivity index (χ1) is 9.94. The number of hydrogen-bond acceptors (Lipinski definition) is 8. The van der Waals surface area contributed by atoms with Crippen LogP contribution in [0.3, 0.4) is 0 Å². The fraction of sp³-hybridized carbons (Fsp3) is 0.636. The molecule has 0 saturated carbocycles. The summed E-state index contributed by atoms with van der Waals surface area (Å²) in [7, 11) is -3.08. The Bertz CT molecular complexity index is 634. The summed E-state index contributed by atoms with van der Waals surface area (Å²) in [6.07, 6.45) is 1.68. The van der Waals surface area contributed by atoms with E-state index in [4.69, 9.17) is 0 Å². The van der Waals surface area contributed by atoms with Crippen molar-refractivity contribution in [2.75, 3.05) is 41.4 Å². The molecule has 1 fully saturated rings. The quantitative estimate of drug-likeness (QED) is 0.628. The summed E-state index contributed by atoms with van der Waals surface area (Å²) in [6, 6.07) is 0. The third kappa shape index (κ3) is 3.57. The highest BCUT2D eigenvalue weighted by atomic mass is 32.2. The number of nitro groups is 1. The molecule has 1 saturated heterocycles. The first-order valence-electron chi connectivity index (χ1n) is 6.63. The van der Waals surface area contributed by atoms with Crippen molar-refractivity contribution in [2.24, 2.45) is 0 Å². The van der Waals surface area contributed by atoms with Gasteiger partial charge >= 0.3 is 5.69 Å². The van der Waals surface area contributed by atoms with Crippen molar-refractivity contribution in [3.05, 3.63) is 16.4 Å². The Morgan fingerprint density at radius 2 is 2.14 bits per heavy atom. The van der Waals surface area contributed by atoms with Gasteiger partial charge < -0.3 is 10.2 Å². The molecule has 0 aromatic carbocycles. The molecule has 0 radical (unpaired) electrons. The van der Waals surface area contributed by atoms with E-state index in [-0.39, 0.29) is 35.4 Å². The zero-order valence-electron chi connectivity index (χ0n) is 11.7. The maximum atomic E-state index is 11.6. The topological polar surface area (TPSA) is 118 Å². The Kier molecular flexibility index (Phi) is 4.56. The van der Waals surface area contributed by atoms with Crippen LogP contribution in [0.1, 0.15) is 13.3 Å². The number of anilines is 2. The van der Waals surface area contributed by atoms with Gasteiger partial charge in [-0.05, 0) is 13.3 Å². The van der Waals surface area contributed by atoms with Crippen LogP contribution in [0.15, 0.2) is 6.33 Å². The molecule has 1 aliphatic rings. The maximum Gasteiger partial charge on any atom is 0.353 e. The molecule has 1 aromatic heterocycles. The van der Waals surface area contributed by atoms with E-state index in [1.165, 1.54) is 6.33 Å². The Hall–Kier alpha value is -1.97. The third-order valence-corrected chi connectivity index (χ3v) is 4.90. The van der Waals surface area contributed by atoms with Crippen molar-refractivity contribution in [1.29, 1.82) is 0 Å². The molecular formula is C11H17N5O4S. The third-order valence-electron chi connectivity index (χ3n) is 3.18. The highest BCUT2D eigenvalue weighted by Gasteiger charge is 2.29. The van der Waals surface area contributed by atoms with Gasteiger partial charge in [0.15, 0.2) is 9.84 Å². The van der Waals surface area contributed by atoms with Gasteiger partial charge in [0.05, 0.1) is 16.4 Å². The lowest BCUT2D eigenvalue weighted by Crippen LogP contribution is -2.28. The fourth-order valence-corrected chi connectivity index (χ4v) is 3.49. The van der Waals surface area contributed by atoms with Crippen molar-refractivity contribution in [1.82, 2.24) is 9.97 Å². The molecule has 1 aromatic rings. The van der Waals surface area contributed by atoms with Crippen molar-refractivity contribution >= 4 is 27.2 Å². The second kappa shape index (κ2) is 6.20. The fourth-order valence-electron chi connectivity index (χ4n) is 2.22. The van der Waals surface area contributed by atoms with Crippen LogP contribution in [0.25, 0.3) is 0 Å². The number of aromatic nitrogens is 2. The minimum Gasteiger partial charge on any atom is -0.364 e. The van der Waals surface area contributed by atoms with Gasteiger partial charge in [-0.2, -0.15) is 0 Å². The smallest absolute Gasteiger partial charge is 0.353 e. The maximum absolute atomic E-state index is 11.6. The molecule has 1 N–H and O–H groups in total. The predicted molar refractivity (Wildman–Crippen MR) is 78.3 cm³/mol. The molecule has 0 atom stereocenters. The summed E-state index contributed by atoms with van der Waals surface area (Å²) in [5.41, 5.74) is -0.210. The normalized spacial score (nSPS) is 18.0. The monoisotopic (exact) mass is 315 g/mol. The summed E-state index contributed by atoms with van der Waals surface area (Å²) >= 11 is 0. The van der Waals surface area contributed by atoms with Crippen LogP contribution < -0.4 is 10.2 Å². The Balaban J connectivity index is 2.38. The van der Waals surface area contributed by atoms with Gasteiger partial charge in [0.2, 0.25) is 11.6 Å². The molecule has 0 bridgehead atoms. The van der Waals surface area contributed by atoms with Crippen LogP contribution in [0.5, 0.6) is 0 Å². The number of nitrogens with zero attached hydrogens (tertiary/aromatic N) is 4. The second-order valence-electron chi connectivity index (χ2n) is 4.67. The van der Waals surface area contributed by atoms with Crippen molar-refractivity contribution in [2.45, 2.75) is 13.3 Å². The van der Waals surface area contributed by atoms with Crippen molar-refractivity contribution in [3.63, 3.8) is 0 Å². The van der Waals surface area contributed by atoms with Gasteiger partial charge in [0.25, 0.3) is 0 Å². The van der Waals surface area contributed by atoms with E-state index >= 15 is 0 Å². The molecule has 116 valence electrons. The molecule has 0 unspecified atom stereocenters. The SMILES string of the molecule is CCNc1ncnc(N2CCCS(=O)(=O)CC2)c1[N+](=O)[O-]. The molecule has 10 heteroatoms. The Labute approximate surface area is 122 Å². The van der Waals surface area contributed by atoms with Crippen LogP contribution in [0.4, 0.5) is 17.3 Å². The van der Waals surface area contributed by atoms with Crippen LogP contribution >= 0.6 is 0 Å². The molecule has 1 aliphatic heterocycles. The standard InChI is InChI=1S/C11H17N5O4S/c1-2-12-10-9(16(17)18)11(14-8-13-10)15-4-3-6-21(19,20)7-5-15/h8H,2-7H2,1H3,(H,12,13,14). The lowest BCUT2D eigenvalue weighted by molar-refractivity contribution is -0.383. The van der Waals surface area contributed by atoms with Gasteiger partial charge in [0.1, 0.15) is 6.33 Å². The minimum absolute atomic E-state index is 0.0231. The predicted octanol–water partition coefficient (Wildman–Crippen LogP) is 0.442. The molecular weight excluding hydrogens is 298 g/mol. The van der Waals surface area contributed by atoms with Gasteiger partial charge in [-0.1, -0.05) is 0 Å². The molecule has 2 rings (SSSR count). The molecule has 21 heavy (non-hydrogen) atoms. The highest BCUT2D eigenvalue weighted by molar-refractivity contribution is 7.91. The van der Waals surface area contributed by atoms with Gasteiger partial charge in [-0.25, -0.2) is 18.4 Å². The largest absolute Gasteiger partial charge is 0.364 e. The number of rotatable bonds is 4. The molecule has 0 aliphatic carbocycles. The van der Waals surface area contributed by atoms with E-state index in [0.29, 0.717) is 19.5 Å². The van der Waals surface area contributed by atoms with Crippen LogP contribution in [0.2, 0.25) is 0 Å². The van der Waals surface area contributed by atoms with E-state index in [2.05, 4.69) is 15.3 Å². The Morgan fingerprint density at radius 1 is 1.38 bits per heavy atom. The van der Waals surface area contributed by atoms with Crippen molar-refractivity contribution < 1.29 is 13.3 Å². The van der Waals surface area contributed by atoms with Gasteiger partial charge in [0, 0.05) is 19.6 Å². The summed E-state index contributed by atoms with van der Waals surface area (Å²) in [4.78, 5) is 20.3. The van der Waals surface area contributed by atoms with E-state index < -0.39 is 14.8 Å². The zero-order valence-corrected chi connectivity index (χ0v) is 12.5. The number of sulfone groups is 1. The van der Waals surface area contributed by atoms with E-state index in [1.807, 2.05) is 6.92 Å². The lowest BCUT2D eigenvalue weighted by atomic mass is 10.3. The molecule has 0 spiro atoms. The lowest BCUT2D eigenvalue weighted by Gasteiger charge is -2.20. The number of nitrogens with one attached hydrogen (secondary N) is 1. The van der Waals surface area contributed by atoms with E-state index in [9.17, 15) is 18.5 Å². The van der Waals surface area contributed by atoms with E-state index in [1.54, 1.807) is 4.90 Å². The molecule has 0 amide bonds. The summed E-state index contributed by atoms with van der Waals surface area (Å²) in [6.45, 7) is 2.92. The average Bonchev–Trinajstić information content (AvgIpc) is 2.59. The van der Waals surface area contributed by atoms with Crippen LogP contribution in [-0.2, 0) is 9.84 Å². The first-order valence-corrected chi connectivity index (χ1v) is 8.45. The van der Waals surface area contributed by atoms with Crippen molar-refractivity contribution in [3.8, 4) is 0 Å². The number of hydrogen-bond donors (Lipinski definition) is 1. The summed E-state index contributed by atoms with van der Waals surface area (Å²) in [5.74, 6) is 0.398. The van der Waals surface area contributed by atoms with Crippen LogP contribution in [0, 0.1) is 10.1 Å². The molecule has 9 nitrogen and oxygen atoms in total. The van der Waals surface area contributed by atoms with E-state index in [0.717, 1.165) is 0 Å². The second-order valence-corrected chi connectivity index (χ2v) is 6.98. The summed E-state index contributed by atoms with van der Waals surface area (Å²) < 4.78 is 23.3. The highest BCUT2D eigenvalue weighted by Crippen LogP contribution is 2.32. The minimum atomic E-state index is -3.08. The zero-order chi connectivity index (χ0) is 15.5. The van der Waals surface area contributed by atoms with Gasteiger partial charge in [-0.3, -0.25) is 10.1 Å². The van der Waals surface area contributed by atoms with Gasteiger partial charge in [-0.15, -0.1) is 0 Å². The first kappa shape index (κ1) is 15.4. The average molecular weight is 315 g/mol. The molecule has 2 heterocycles. The van der Waals surface area contributed by atoms with Crippen LogP contribution in [-0.4, -0.2) is 54.4 Å². The summed E-state index contributed by atoms with van der Waals surface area (Å²) in [5, 5.41) is 14.1.